The van der Waals surface area contributed by atoms with Gasteiger partial charge in [0.2, 0.25) is 0 Å². The zero-order valence-corrected chi connectivity index (χ0v) is 14.1. The maximum Gasteiger partial charge on any atom is 0.255 e. The van der Waals surface area contributed by atoms with E-state index in [0.29, 0.717) is 37.1 Å². The number of carbonyl (C=O) groups is 1. The molecule has 1 aliphatic heterocycles. The summed E-state index contributed by atoms with van der Waals surface area (Å²) in [6.07, 6.45) is 3.42. The zero-order valence-electron chi connectivity index (χ0n) is 14.1. The van der Waals surface area contributed by atoms with Crippen LogP contribution in [-0.2, 0) is 0 Å². The van der Waals surface area contributed by atoms with Gasteiger partial charge in [-0.2, -0.15) is 5.26 Å². The van der Waals surface area contributed by atoms with Crippen LogP contribution in [0.15, 0.2) is 48.8 Å². The number of hydrogen-bond donors (Lipinski definition) is 0. The van der Waals surface area contributed by atoms with E-state index in [1.54, 1.807) is 23.2 Å². The minimum absolute atomic E-state index is 0.106. The highest BCUT2D eigenvalue weighted by Gasteiger charge is 2.23. The Morgan fingerprint density at radius 2 is 2.04 bits per heavy atom. The number of rotatable bonds is 2. The van der Waals surface area contributed by atoms with Gasteiger partial charge in [-0.05, 0) is 43.2 Å². The smallest absolute Gasteiger partial charge is 0.255 e. The molecule has 0 aliphatic carbocycles. The van der Waals surface area contributed by atoms with Crippen LogP contribution in [0.5, 0.6) is 0 Å². The number of piperidine rings is 1. The molecule has 3 heterocycles. The van der Waals surface area contributed by atoms with Gasteiger partial charge in [-0.1, -0.05) is 6.07 Å². The van der Waals surface area contributed by atoms with Gasteiger partial charge in [-0.3, -0.25) is 4.79 Å². The minimum Gasteiger partial charge on any atom is -0.338 e. The van der Waals surface area contributed by atoms with Crippen molar-refractivity contribution in [3.05, 3.63) is 59.9 Å². The number of nitrogens with zero attached hydrogens (tertiary/aromatic N) is 4. The summed E-state index contributed by atoms with van der Waals surface area (Å²) in [5, 5.41) is 9.92. The first-order valence-electron chi connectivity index (χ1n) is 8.57. The molecule has 1 fully saturated rings. The lowest BCUT2D eigenvalue weighted by molar-refractivity contribution is 0.0667. The number of aromatic nitrogens is 2. The lowest BCUT2D eigenvalue weighted by Gasteiger charge is -2.28. The van der Waals surface area contributed by atoms with E-state index in [2.05, 4.69) is 11.1 Å². The fraction of sp³-hybridized carbons (Fsp3) is 0.250. The van der Waals surface area contributed by atoms with Crippen molar-refractivity contribution >= 4 is 16.9 Å². The van der Waals surface area contributed by atoms with Gasteiger partial charge in [0.1, 0.15) is 11.8 Å². The van der Waals surface area contributed by atoms with Gasteiger partial charge >= 0.3 is 0 Å². The highest BCUT2D eigenvalue weighted by atomic mass is 19.1. The molecule has 0 radical (unpaired) electrons. The summed E-state index contributed by atoms with van der Waals surface area (Å²) >= 11 is 0. The molecule has 0 spiro atoms. The average molecular weight is 348 g/mol. The van der Waals surface area contributed by atoms with E-state index in [1.165, 1.54) is 0 Å². The van der Waals surface area contributed by atoms with Crippen LogP contribution >= 0.6 is 0 Å². The number of alkyl halides is 1. The number of carbonyl (C=O) groups excluding carboxylic acids is 1. The quantitative estimate of drug-likeness (QED) is 0.712. The number of amides is 1. The second-order valence-corrected chi connectivity index (χ2v) is 6.45. The number of pyridine rings is 1. The molecular formula is C20H17FN4O. The van der Waals surface area contributed by atoms with Gasteiger partial charge in [0.05, 0.1) is 17.2 Å². The second-order valence-electron chi connectivity index (χ2n) is 6.45. The Labute approximate surface area is 150 Å². The lowest BCUT2D eigenvalue weighted by atomic mass is 10.1. The Morgan fingerprint density at radius 1 is 1.23 bits per heavy atom. The topological polar surface area (TPSA) is 61.9 Å². The average Bonchev–Trinajstić information content (AvgIpc) is 3.11. The number of nitriles is 1. The van der Waals surface area contributed by atoms with Crippen LogP contribution in [0.4, 0.5) is 4.39 Å². The SMILES string of the molecule is N#Cc1cccc(-n2ccc3cc(C(=O)N4CCC(F)CC4)cnc32)c1. The molecule has 0 N–H and O–H groups in total. The van der Waals surface area contributed by atoms with E-state index in [4.69, 9.17) is 5.26 Å². The third-order valence-electron chi connectivity index (χ3n) is 4.74. The van der Waals surface area contributed by atoms with Gasteiger partial charge < -0.3 is 9.47 Å². The largest absolute Gasteiger partial charge is 0.338 e. The van der Waals surface area contributed by atoms with Crippen LogP contribution in [0.3, 0.4) is 0 Å². The monoisotopic (exact) mass is 348 g/mol. The maximum atomic E-state index is 13.3. The molecule has 1 aromatic carbocycles. The van der Waals surface area contributed by atoms with Crippen molar-refractivity contribution in [2.24, 2.45) is 0 Å². The van der Waals surface area contributed by atoms with Crippen molar-refractivity contribution in [1.82, 2.24) is 14.5 Å². The van der Waals surface area contributed by atoms with Crippen molar-refractivity contribution in [1.29, 1.82) is 5.26 Å². The van der Waals surface area contributed by atoms with Gasteiger partial charge in [0, 0.05) is 36.6 Å². The number of halogens is 1. The van der Waals surface area contributed by atoms with E-state index < -0.39 is 6.17 Å². The number of hydrogen-bond acceptors (Lipinski definition) is 3. The van der Waals surface area contributed by atoms with Crippen LogP contribution in [0.1, 0.15) is 28.8 Å². The molecular weight excluding hydrogens is 331 g/mol. The third-order valence-corrected chi connectivity index (χ3v) is 4.74. The minimum atomic E-state index is -0.808. The number of fused-ring (bicyclic) bond motifs is 1. The maximum absolute atomic E-state index is 13.3. The van der Waals surface area contributed by atoms with Crippen molar-refractivity contribution in [3.8, 4) is 11.8 Å². The third kappa shape index (κ3) is 2.93. The summed E-state index contributed by atoms with van der Waals surface area (Å²) in [7, 11) is 0. The summed E-state index contributed by atoms with van der Waals surface area (Å²) in [4.78, 5) is 18.8. The summed E-state index contributed by atoms with van der Waals surface area (Å²) in [6, 6.07) is 13.1. The molecule has 26 heavy (non-hydrogen) atoms. The Bertz CT molecular complexity index is 1010. The van der Waals surface area contributed by atoms with Crippen LogP contribution in [0.2, 0.25) is 0 Å². The normalized spacial score (nSPS) is 15.2. The van der Waals surface area contributed by atoms with Crippen molar-refractivity contribution in [3.63, 3.8) is 0 Å². The highest BCUT2D eigenvalue weighted by molar-refractivity contribution is 5.97. The zero-order chi connectivity index (χ0) is 18.1. The Kier molecular flexibility index (Phi) is 4.13. The highest BCUT2D eigenvalue weighted by Crippen LogP contribution is 2.22. The van der Waals surface area contributed by atoms with E-state index in [0.717, 1.165) is 16.7 Å². The molecule has 0 unspecified atom stereocenters. The molecule has 0 saturated carbocycles. The summed E-state index contributed by atoms with van der Waals surface area (Å²) in [5.74, 6) is -0.106. The van der Waals surface area contributed by atoms with Gasteiger partial charge in [0.25, 0.3) is 5.91 Å². The Balaban J connectivity index is 1.65. The fourth-order valence-electron chi connectivity index (χ4n) is 3.31. The number of likely N-dealkylation sites (tertiary alicyclic amines) is 1. The molecule has 6 heteroatoms. The Hall–Kier alpha value is -3.20. The van der Waals surface area contributed by atoms with E-state index in [9.17, 15) is 9.18 Å². The molecule has 130 valence electrons. The molecule has 1 saturated heterocycles. The molecule has 0 atom stereocenters. The first-order valence-corrected chi connectivity index (χ1v) is 8.57. The molecule has 0 bridgehead atoms. The van der Waals surface area contributed by atoms with Crippen LogP contribution < -0.4 is 0 Å². The van der Waals surface area contributed by atoms with Crippen LogP contribution in [0, 0.1) is 11.3 Å². The van der Waals surface area contributed by atoms with Crippen molar-refractivity contribution in [2.75, 3.05) is 13.1 Å². The molecule has 2 aromatic heterocycles. The van der Waals surface area contributed by atoms with Crippen molar-refractivity contribution in [2.45, 2.75) is 19.0 Å². The molecule has 3 aromatic rings. The summed E-state index contributed by atoms with van der Waals surface area (Å²) in [6.45, 7) is 0.889. The van der Waals surface area contributed by atoms with Gasteiger partial charge in [-0.25, -0.2) is 9.37 Å². The summed E-state index contributed by atoms with van der Waals surface area (Å²) in [5.41, 5.74) is 2.65. The standard InChI is InChI=1S/C20H17FN4O/c21-17-5-7-24(8-6-17)20(26)16-11-15-4-9-25(19(15)23-13-16)18-3-1-2-14(10-18)12-22/h1-4,9-11,13,17H,5-8H2. The second kappa shape index (κ2) is 6.60. The molecule has 4 rings (SSSR count). The predicted octanol–water partition coefficient (Wildman–Crippen LogP) is 3.47. The fourth-order valence-corrected chi connectivity index (χ4v) is 3.31. The Morgan fingerprint density at radius 3 is 2.81 bits per heavy atom. The van der Waals surface area contributed by atoms with E-state index in [1.807, 2.05) is 35.0 Å². The van der Waals surface area contributed by atoms with Crippen LogP contribution in [0.25, 0.3) is 16.7 Å². The van der Waals surface area contributed by atoms with E-state index in [-0.39, 0.29) is 5.91 Å². The van der Waals surface area contributed by atoms with Crippen molar-refractivity contribution < 1.29 is 9.18 Å². The van der Waals surface area contributed by atoms with Gasteiger partial charge in [-0.15, -0.1) is 0 Å². The first kappa shape index (κ1) is 16.3. The van der Waals surface area contributed by atoms with Gasteiger partial charge in [0.15, 0.2) is 0 Å². The summed E-state index contributed by atoms with van der Waals surface area (Å²) < 4.78 is 15.2. The first-order chi connectivity index (χ1) is 12.7. The molecule has 1 aliphatic rings. The predicted molar refractivity (Wildman–Crippen MR) is 95.8 cm³/mol. The number of benzene rings is 1. The molecule has 5 nitrogen and oxygen atoms in total. The molecule has 1 amide bonds. The lowest BCUT2D eigenvalue weighted by Crippen LogP contribution is -2.39. The van der Waals surface area contributed by atoms with E-state index >= 15 is 0 Å². The van der Waals surface area contributed by atoms with Crippen LogP contribution in [-0.4, -0.2) is 39.6 Å².